The molecule has 1 fully saturated rings. The summed E-state index contributed by atoms with van der Waals surface area (Å²) in [5.74, 6) is -1.40. The van der Waals surface area contributed by atoms with Crippen molar-refractivity contribution in [1.82, 2.24) is 4.90 Å². The van der Waals surface area contributed by atoms with Gasteiger partial charge in [-0.3, -0.25) is 4.79 Å². The third kappa shape index (κ3) is 2.31. The fourth-order valence-electron chi connectivity index (χ4n) is 2.26. The van der Waals surface area contributed by atoms with Gasteiger partial charge in [-0.2, -0.15) is 0 Å². The number of carbonyl (C=O) groups is 2. The smallest absolute Gasteiger partial charge is 0.353 e. The van der Waals surface area contributed by atoms with Crippen LogP contribution < -0.4 is 0 Å². The van der Waals surface area contributed by atoms with Gasteiger partial charge in [0.1, 0.15) is 0 Å². The lowest BCUT2D eigenvalue weighted by atomic mass is 10.1. The Bertz CT molecular complexity index is 395. The van der Waals surface area contributed by atoms with E-state index in [0.29, 0.717) is 6.61 Å². The Morgan fingerprint density at radius 2 is 2.22 bits per heavy atom. The predicted octanol–water partition coefficient (Wildman–Crippen LogP) is -0.148. The minimum Gasteiger partial charge on any atom is -0.477 e. The van der Waals surface area contributed by atoms with E-state index in [-0.39, 0.29) is 30.2 Å². The van der Waals surface area contributed by atoms with Crippen molar-refractivity contribution < 1.29 is 24.3 Å². The van der Waals surface area contributed by atoms with E-state index in [2.05, 4.69) is 5.16 Å². The molecule has 18 heavy (non-hydrogen) atoms. The summed E-state index contributed by atoms with van der Waals surface area (Å²) in [6.07, 6.45) is -0.0439. The molecule has 2 aliphatic rings. The van der Waals surface area contributed by atoms with Gasteiger partial charge in [0.15, 0.2) is 5.71 Å². The molecular weight excluding hydrogens is 240 g/mol. The van der Waals surface area contributed by atoms with E-state index in [1.54, 1.807) is 11.9 Å². The van der Waals surface area contributed by atoms with Crippen molar-refractivity contribution in [3.05, 3.63) is 0 Å². The molecule has 0 aromatic rings. The number of nitrogens with zero attached hydrogens (tertiary/aromatic N) is 2. The lowest BCUT2D eigenvalue weighted by molar-refractivity contribution is -0.143. The minimum absolute atomic E-state index is 0.00924. The first-order chi connectivity index (χ1) is 8.50. The number of oxime groups is 1. The van der Waals surface area contributed by atoms with E-state index in [1.807, 2.05) is 6.92 Å². The average Bonchev–Trinajstić information content (AvgIpc) is 2.95. The lowest BCUT2D eigenvalue weighted by Gasteiger charge is -2.28. The van der Waals surface area contributed by atoms with Crippen molar-refractivity contribution in [1.29, 1.82) is 0 Å². The average molecular weight is 256 g/mol. The van der Waals surface area contributed by atoms with Gasteiger partial charge < -0.3 is 19.6 Å². The van der Waals surface area contributed by atoms with Crippen LogP contribution in [0.1, 0.15) is 19.8 Å². The molecule has 0 aromatic carbocycles. The zero-order valence-electron chi connectivity index (χ0n) is 10.3. The molecule has 2 aliphatic heterocycles. The number of likely N-dealkylation sites (N-methyl/N-ethyl adjacent to an activating group) is 1. The molecular formula is C11H16N2O5. The van der Waals surface area contributed by atoms with E-state index in [9.17, 15) is 9.59 Å². The van der Waals surface area contributed by atoms with Crippen molar-refractivity contribution in [2.75, 3.05) is 13.7 Å². The van der Waals surface area contributed by atoms with Crippen LogP contribution in [0.4, 0.5) is 0 Å². The number of rotatable bonds is 3. The normalized spacial score (nSPS) is 30.8. The first-order valence-corrected chi connectivity index (χ1v) is 5.85. The molecule has 1 amide bonds. The third-order valence-electron chi connectivity index (χ3n) is 3.37. The summed E-state index contributed by atoms with van der Waals surface area (Å²) in [5.41, 5.74) is -0.113. The van der Waals surface area contributed by atoms with Gasteiger partial charge in [-0.25, -0.2) is 4.79 Å². The largest absolute Gasteiger partial charge is 0.477 e. The number of ether oxygens (including phenoxy) is 1. The second kappa shape index (κ2) is 4.93. The van der Waals surface area contributed by atoms with E-state index in [4.69, 9.17) is 14.7 Å². The van der Waals surface area contributed by atoms with E-state index in [0.717, 1.165) is 6.42 Å². The van der Waals surface area contributed by atoms with Gasteiger partial charge in [-0.15, -0.1) is 0 Å². The fraction of sp³-hybridized carbons (Fsp3) is 0.727. The summed E-state index contributed by atoms with van der Waals surface area (Å²) in [4.78, 5) is 29.3. The van der Waals surface area contributed by atoms with E-state index >= 15 is 0 Å². The Morgan fingerprint density at radius 3 is 2.72 bits per heavy atom. The topological polar surface area (TPSA) is 88.4 Å². The van der Waals surface area contributed by atoms with Gasteiger partial charge in [0.25, 0.3) is 5.91 Å². The molecule has 0 aromatic heterocycles. The molecule has 0 radical (unpaired) electrons. The molecule has 0 spiro atoms. The van der Waals surface area contributed by atoms with Gasteiger partial charge >= 0.3 is 5.97 Å². The van der Waals surface area contributed by atoms with Crippen LogP contribution in [0, 0.1) is 0 Å². The quantitative estimate of drug-likeness (QED) is 0.758. The SMILES string of the molecule is CC1OCCC1N(C)C(=O)C1CC(C(=O)O)=NO1. The standard InChI is InChI=1S/C11H16N2O5/c1-6-8(3-4-17-6)13(2)10(14)9-5-7(11(15)16)12-18-9/h6,8-9H,3-5H2,1-2H3,(H,15,16). The highest BCUT2D eigenvalue weighted by molar-refractivity contribution is 6.36. The second-order valence-electron chi connectivity index (χ2n) is 4.52. The van der Waals surface area contributed by atoms with E-state index in [1.165, 1.54) is 0 Å². The molecule has 2 rings (SSSR count). The monoisotopic (exact) mass is 256 g/mol. The third-order valence-corrected chi connectivity index (χ3v) is 3.37. The number of hydrogen-bond donors (Lipinski definition) is 1. The maximum Gasteiger partial charge on any atom is 0.353 e. The first-order valence-electron chi connectivity index (χ1n) is 5.85. The zero-order valence-corrected chi connectivity index (χ0v) is 10.3. The molecule has 0 saturated carbocycles. The summed E-state index contributed by atoms with van der Waals surface area (Å²) in [7, 11) is 1.68. The molecule has 1 N–H and O–H groups in total. The highest BCUT2D eigenvalue weighted by Crippen LogP contribution is 2.21. The van der Waals surface area contributed by atoms with Crippen molar-refractivity contribution in [2.45, 2.75) is 38.0 Å². The molecule has 7 heteroatoms. The molecule has 3 atom stereocenters. The zero-order chi connectivity index (χ0) is 13.3. The van der Waals surface area contributed by atoms with Gasteiger partial charge in [-0.05, 0) is 13.3 Å². The Kier molecular flexibility index (Phi) is 3.51. The number of aliphatic carboxylic acids is 1. The molecule has 3 unspecified atom stereocenters. The van der Waals surface area contributed by atoms with Crippen LogP contribution in [0.3, 0.4) is 0 Å². The Hall–Kier alpha value is -1.63. The molecule has 100 valence electrons. The predicted molar refractivity (Wildman–Crippen MR) is 61.1 cm³/mol. The number of hydrogen-bond acceptors (Lipinski definition) is 5. The van der Waals surface area contributed by atoms with E-state index < -0.39 is 12.1 Å². The Morgan fingerprint density at radius 1 is 1.50 bits per heavy atom. The van der Waals surface area contributed by atoms with Crippen LogP contribution in [0.25, 0.3) is 0 Å². The summed E-state index contributed by atoms with van der Waals surface area (Å²) in [6.45, 7) is 2.54. The van der Waals surface area contributed by atoms with Gasteiger partial charge in [0.2, 0.25) is 6.10 Å². The molecule has 0 aliphatic carbocycles. The number of carboxylic acids is 1. The molecule has 1 saturated heterocycles. The van der Waals surface area contributed by atoms with Crippen LogP contribution in [0.5, 0.6) is 0 Å². The van der Waals surface area contributed by atoms with Crippen LogP contribution in [0.2, 0.25) is 0 Å². The fourth-order valence-corrected chi connectivity index (χ4v) is 2.26. The van der Waals surface area contributed by atoms with Gasteiger partial charge in [0.05, 0.1) is 12.1 Å². The molecule has 2 heterocycles. The molecule has 0 bridgehead atoms. The summed E-state index contributed by atoms with van der Waals surface area (Å²) >= 11 is 0. The maximum absolute atomic E-state index is 12.1. The van der Waals surface area contributed by atoms with Crippen LogP contribution in [0.15, 0.2) is 5.16 Å². The van der Waals surface area contributed by atoms with Crippen LogP contribution in [-0.2, 0) is 19.2 Å². The number of carboxylic acid groups (broad SMARTS) is 1. The Balaban J connectivity index is 1.95. The Labute approximate surface area is 104 Å². The second-order valence-corrected chi connectivity index (χ2v) is 4.52. The first kappa shape index (κ1) is 12.8. The van der Waals surface area contributed by atoms with Crippen molar-refractivity contribution >= 4 is 17.6 Å². The van der Waals surface area contributed by atoms with Crippen LogP contribution in [-0.4, -0.2) is 59.5 Å². The van der Waals surface area contributed by atoms with Crippen molar-refractivity contribution in [3.8, 4) is 0 Å². The lowest BCUT2D eigenvalue weighted by Crippen LogP contribution is -2.46. The summed E-state index contributed by atoms with van der Waals surface area (Å²) in [6, 6.07) is 0.00924. The summed E-state index contributed by atoms with van der Waals surface area (Å²) in [5, 5.41) is 12.2. The van der Waals surface area contributed by atoms with Crippen molar-refractivity contribution in [3.63, 3.8) is 0 Å². The van der Waals surface area contributed by atoms with Gasteiger partial charge in [0, 0.05) is 20.1 Å². The minimum atomic E-state index is -1.15. The van der Waals surface area contributed by atoms with Crippen molar-refractivity contribution in [2.24, 2.45) is 5.16 Å². The summed E-state index contributed by atoms with van der Waals surface area (Å²) < 4.78 is 5.40. The molecule has 7 nitrogen and oxygen atoms in total. The highest BCUT2D eigenvalue weighted by Gasteiger charge is 2.38. The maximum atomic E-state index is 12.1. The number of carbonyl (C=O) groups excluding carboxylic acids is 1. The number of amides is 1. The highest BCUT2D eigenvalue weighted by atomic mass is 16.6. The van der Waals surface area contributed by atoms with Gasteiger partial charge in [-0.1, -0.05) is 5.16 Å². The van der Waals surface area contributed by atoms with Crippen LogP contribution >= 0.6 is 0 Å².